The largest absolute Gasteiger partial charge is 0.481 e. The van der Waals surface area contributed by atoms with E-state index in [1.807, 2.05) is 0 Å². The molecule has 0 spiro atoms. The van der Waals surface area contributed by atoms with E-state index in [0.29, 0.717) is 6.04 Å². The van der Waals surface area contributed by atoms with Gasteiger partial charge >= 0.3 is 5.97 Å². The van der Waals surface area contributed by atoms with Gasteiger partial charge in [0.25, 0.3) is 0 Å². The summed E-state index contributed by atoms with van der Waals surface area (Å²) < 4.78 is 0. The average Bonchev–Trinajstić information content (AvgIpc) is 2.28. The van der Waals surface area contributed by atoms with Gasteiger partial charge in [-0.3, -0.25) is 9.69 Å². The molecule has 2 unspecified atom stereocenters. The second kappa shape index (κ2) is 4.49. The van der Waals surface area contributed by atoms with Crippen molar-refractivity contribution >= 4 is 5.97 Å². The highest BCUT2D eigenvalue weighted by molar-refractivity contribution is 5.72. The van der Waals surface area contributed by atoms with Gasteiger partial charge in [0.2, 0.25) is 0 Å². The smallest absolute Gasteiger partial charge is 0.308 e. The summed E-state index contributed by atoms with van der Waals surface area (Å²) in [6.07, 6.45) is 3.10. The van der Waals surface area contributed by atoms with E-state index in [4.69, 9.17) is 5.11 Å². The van der Waals surface area contributed by atoms with Gasteiger partial charge in [0.1, 0.15) is 0 Å². The highest BCUT2D eigenvalue weighted by atomic mass is 16.4. The Labute approximate surface area is 90.9 Å². The van der Waals surface area contributed by atoms with Gasteiger partial charge in [-0.2, -0.15) is 0 Å². The van der Waals surface area contributed by atoms with E-state index in [1.54, 1.807) is 0 Å². The third-order valence-corrected chi connectivity index (χ3v) is 3.78. The van der Waals surface area contributed by atoms with Gasteiger partial charge in [0.05, 0.1) is 5.92 Å². The number of hydrogen-bond acceptors (Lipinski definition) is 3. The van der Waals surface area contributed by atoms with Crippen LogP contribution in [-0.2, 0) is 4.79 Å². The van der Waals surface area contributed by atoms with E-state index in [9.17, 15) is 4.79 Å². The maximum absolute atomic E-state index is 10.9. The predicted octanol–water partition coefficient (Wildman–Crippen LogP) is 0.487. The lowest BCUT2D eigenvalue weighted by Crippen LogP contribution is -2.51. The zero-order valence-electron chi connectivity index (χ0n) is 9.35. The molecule has 1 saturated carbocycles. The third kappa shape index (κ3) is 2.32. The lowest BCUT2D eigenvalue weighted by molar-refractivity contribution is -0.148. The fourth-order valence-electron chi connectivity index (χ4n) is 2.61. The molecule has 2 fully saturated rings. The van der Waals surface area contributed by atoms with Gasteiger partial charge in [-0.1, -0.05) is 0 Å². The van der Waals surface area contributed by atoms with Crippen LogP contribution in [0.1, 0.15) is 19.3 Å². The molecule has 86 valence electrons. The number of rotatable bonds is 2. The zero-order valence-corrected chi connectivity index (χ0v) is 9.35. The molecule has 1 aliphatic carbocycles. The van der Waals surface area contributed by atoms with Gasteiger partial charge in [-0.25, -0.2) is 0 Å². The van der Waals surface area contributed by atoms with Gasteiger partial charge in [-0.15, -0.1) is 0 Å². The molecule has 0 bridgehead atoms. The van der Waals surface area contributed by atoms with Gasteiger partial charge in [0.15, 0.2) is 0 Å². The topological polar surface area (TPSA) is 43.8 Å². The van der Waals surface area contributed by atoms with Crippen molar-refractivity contribution in [1.82, 2.24) is 9.80 Å². The Morgan fingerprint density at radius 1 is 1.20 bits per heavy atom. The first kappa shape index (κ1) is 10.9. The van der Waals surface area contributed by atoms with Gasteiger partial charge in [0, 0.05) is 19.1 Å². The Morgan fingerprint density at radius 2 is 2.00 bits per heavy atom. The second-order valence-electron chi connectivity index (χ2n) is 4.78. The van der Waals surface area contributed by atoms with Crippen LogP contribution in [0.5, 0.6) is 0 Å². The van der Waals surface area contributed by atoms with E-state index >= 15 is 0 Å². The van der Waals surface area contributed by atoms with Crippen LogP contribution in [0, 0.1) is 5.92 Å². The Morgan fingerprint density at radius 3 is 2.60 bits per heavy atom. The fourth-order valence-corrected chi connectivity index (χ4v) is 2.61. The van der Waals surface area contributed by atoms with Crippen LogP contribution in [0.2, 0.25) is 0 Å². The van der Waals surface area contributed by atoms with Crippen molar-refractivity contribution in [1.29, 1.82) is 0 Å². The van der Waals surface area contributed by atoms with Crippen molar-refractivity contribution in [2.24, 2.45) is 5.92 Å². The average molecular weight is 212 g/mol. The summed E-state index contributed by atoms with van der Waals surface area (Å²) in [5.41, 5.74) is 0. The molecule has 1 aliphatic heterocycles. The summed E-state index contributed by atoms with van der Waals surface area (Å²) in [4.78, 5) is 15.7. The van der Waals surface area contributed by atoms with Crippen molar-refractivity contribution in [3.8, 4) is 0 Å². The molecule has 0 aromatic carbocycles. The van der Waals surface area contributed by atoms with E-state index < -0.39 is 5.97 Å². The highest BCUT2D eigenvalue weighted by Crippen LogP contribution is 2.32. The zero-order chi connectivity index (χ0) is 10.8. The number of hydrogen-bond donors (Lipinski definition) is 1. The SMILES string of the molecule is CN1CCCN(C2CCC2C(=O)O)CC1. The lowest BCUT2D eigenvalue weighted by Gasteiger charge is -2.41. The molecule has 15 heavy (non-hydrogen) atoms. The normalized spacial score (nSPS) is 34.5. The number of carbonyl (C=O) groups is 1. The lowest BCUT2D eigenvalue weighted by atomic mass is 9.78. The second-order valence-corrected chi connectivity index (χ2v) is 4.78. The molecule has 0 radical (unpaired) electrons. The molecule has 2 aliphatic rings. The molecule has 4 heteroatoms. The van der Waals surface area contributed by atoms with E-state index in [-0.39, 0.29) is 5.92 Å². The number of carboxylic acid groups (broad SMARTS) is 1. The Hall–Kier alpha value is -0.610. The molecular formula is C11H20N2O2. The minimum Gasteiger partial charge on any atom is -0.481 e. The molecule has 0 aromatic heterocycles. The number of likely N-dealkylation sites (N-methyl/N-ethyl adjacent to an activating group) is 1. The molecule has 1 heterocycles. The summed E-state index contributed by atoms with van der Waals surface area (Å²) in [6.45, 7) is 4.31. The standard InChI is InChI=1S/C11H20N2O2/c1-12-5-2-6-13(8-7-12)10-4-3-9(10)11(14)15/h9-10H,2-8H2,1H3,(H,14,15). The van der Waals surface area contributed by atoms with E-state index in [2.05, 4.69) is 16.8 Å². The molecule has 1 saturated heterocycles. The monoisotopic (exact) mass is 212 g/mol. The summed E-state index contributed by atoms with van der Waals surface area (Å²) in [5.74, 6) is -0.711. The Kier molecular flexibility index (Phi) is 3.26. The maximum Gasteiger partial charge on any atom is 0.308 e. The molecule has 0 aromatic rings. The van der Waals surface area contributed by atoms with Crippen LogP contribution in [0.3, 0.4) is 0 Å². The van der Waals surface area contributed by atoms with Crippen LogP contribution < -0.4 is 0 Å². The van der Waals surface area contributed by atoms with Gasteiger partial charge < -0.3 is 10.0 Å². The quantitative estimate of drug-likeness (QED) is 0.723. The summed E-state index contributed by atoms with van der Waals surface area (Å²) in [7, 11) is 2.14. The molecule has 1 N–H and O–H groups in total. The summed E-state index contributed by atoms with van der Waals surface area (Å²) in [6, 6.07) is 0.314. The van der Waals surface area contributed by atoms with Crippen molar-refractivity contribution in [3.63, 3.8) is 0 Å². The molecule has 4 nitrogen and oxygen atoms in total. The number of nitrogens with zero attached hydrogens (tertiary/aromatic N) is 2. The minimum absolute atomic E-state index is 0.103. The van der Waals surface area contributed by atoms with Crippen molar-refractivity contribution in [3.05, 3.63) is 0 Å². The van der Waals surface area contributed by atoms with Crippen LogP contribution in [0.25, 0.3) is 0 Å². The first-order valence-electron chi connectivity index (χ1n) is 5.84. The number of aliphatic carboxylic acids is 1. The maximum atomic E-state index is 10.9. The predicted molar refractivity (Wildman–Crippen MR) is 57.8 cm³/mol. The summed E-state index contributed by atoms with van der Waals surface area (Å²) >= 11 is 0. The third-order valence-electron chi connectivity index (χ3n) is 3.78. The fraction of sp³-hybridized carbons (Fsp3) is 0.909. The van der Waals surface area contributed by atoms with E-state index in [0.717, 1.165) is 39.0 Å². The minimum atomic E-state index is -0.608. The molecule has 2 rings (SSSR count). The molecular weight excluding hydrogens is 192 g/mol. The van der Waals surface area contributed by atoms with Crippen molar-refractivity contribution < 1.29 is 9.90 Å². The first-order valence-corrected chi connectivity index (χ1v) is 5.84. The van der Waals surface area contributed by atoms with Crippen LogP contribution in [0.4, 0.5) is 0 Å². The van der Waals surface area contributed by atoms with E-state index in [1.165, 1.54) is 6.42 Å². The summed E-state index contributed by atoms with van der Waals surface area (Å²) in [5, 5.41) is 9.02. The molecule has 2 atom stereocenters. The number of carboxylic acids is 1. The first-order chi connectivity index (χ1) is 7.18. The van der Waals surface area contributed by atoms with Crippen molar-refractivity contribution in [2.75, 3.05) is 33.2 Å². The Balaban J connectivity index is 1.90. The molecule has 0 amide bonds. The van der Waals surface area contributed by atoms with Gasteiger partial charge in [-0.05, 0) is 39.4 Å². The highest BCUT2D eigenvalue weighted by Gasteiger charge is 2.40. The van der Waals surface area contributed by atoms with Crippen LogP contribution >= 0.6 is 0 Å². The Bertz CT molecular complexity index is 245. The van der Waals surface area contributed by atoms with Crippen LogP contribution in [0.15, 0.2) is 0 Å². The van der Waals surface area contributed by atoms with Crippen molar-refractivity contribution in [2.45, 2.75) is 25.3 Å². The van der Waals surface area contributed by atoms with Crippen LogP contribution in [-0.4, -0.2) is 60.1 Å².